The Morgan fingerprint density at radius 3 is 2.69 bits per heavy atom. The van der Waals surface area contributed by atoms with Crippen molar-refractivity contribution in [2.75, 3.05) is 46.3 Å². The van der Waals surface area contributed by atoms with E-state index < -0.39 is 0 Å². The number of hydrogen-bond donors (Lipinski definition) is 1. The molecular weight excluding hydrogens is 198 g/mol. The van der Waals surface area contributed by atoms with Gasteiger partial charge < -0.3 is 10.2 Å². The molecule has 1 unspecified atom stereocenters. The van der Waals surface area contributed by atoms with E-state index in [4.69, 9.17) is 0 Å². The first kappa shape index (κ1) is 12.1. The van der Waals surface area contributed by atoms with Crippen LogP contribution in [-0.4, -0.2) is 62.2 Å². The third-order valence-corrected chi connectivity index (χ3v) is 4.07. The summed E-state index contributed by atoms with van der Waals surface area (Å²) in [4.78, 5) is 5.12. The fourth-order valence-corrected chi connectivity index (χ4v) is 2.59. The van der Waals surface area contributed by atoms with Crippen molar-refractivity contribution in [3.8, 4) is 0 Å². The van der Waals surface area contributed by atoms with Crippen LogP contribution in [0.1, 0.15) is 20.3 Å². The Balaban J connectivity index is 1.86. The highest BCUT2D eigenvalue weighted by Crippen LogP contribution is 2.15. The second kappa shape index (κ2) is 5.30. The topological polar surface area (TPSA) is 18.5 Å². The van der Waals surface area contributed by atoms with Crippen LogP contribution in [0.3, 0.4) is 0 Å². The monoisotopic (exact) mass is 223 g/mol. The van der Waals surface area contributed by atoms with Crippen molar-refractivity contribution >= 4 is 0 Å². The van der Waals surface area contributed by atoms with Gasteiger partial charge in [-0.05, 0) is 26.0 Å². The fourth-order valence-electron chi connectivity index (χ4n) is 2.59. The van der Waals surface area contributed by atoms with Crippen molar-refractivity contribution in [3.05, 3.63) is 11.1 Å². The maximum absolute atomic E-state index is 3.32. The van der Waals surface area contributed by atoms with Gasteiger partial charge in [-0.15, -0.1) is 0 Å². The number of nitrogens with one attached hydrogen (secondary N) is 1. The molecule has 0 spiro atoms. The third-order valence-electron chi connectivity index (χ3n) is 4.07. The van der Waals surface area contributed by atoms with E-state index in [1.54, 1.807) is 11.1 Å². The largest absolute Gasteiger partial charge is 0.309 e. The molecule has 2 rings (SSSR count). The van der Waals surface area contributed by atoms with Crippen molar-refractivity contribution in [2.45, 2.75) is 26.3 Å². The molecule has 0 radical (unpaired) electrons. The first-order valence-corrected chi connectivity index (χ1v) is 6.51. The Hall–Kier alpha value is -0.380. The Morgan fingerprint density at radius 2 is 2.12 bits per heavy atom. The van der Waals surface area contributed by atoms with Gasteiger partial charge >= 0.3 is 0 Å². The zero-order valence-electron chi connectivity index (χ0n) is 10.9. The molecule has 0 aromatic heterocycles. The van der Waals surface area contributed by atoms with E-state index in [-0.39, 0.29) is 0 Å². The fraction of sp³-hybridized carbons (Fsp3) is 0.846. The second-order valence-corrected chi connectivity index (χ2v) is 5.27. The normalized spacial score (nSPS) is 27.9. The lowest BCUT2D eigenvalue weighted by Crippen LogP contribution is -2.51. The molecule has 2 aliphatic heterocycles. The summed E-state index contributed by atoms with van der Waals surface area (Å²) in [5, 5.41) is 3.32. The molecule has 16 heavy (non-hydrogen) atoms. The Morgan fingerprint density at radius 1 is 1.38 bits per heavy atom. The number of piperazine rings is 1. The van der Waals surface area contributed by atoms with Gasteiger partial charge in [0, 0.05) is 45.3 Å². The number of nitrogens with zero attached hydrogens (tertiary/aromatic N) is 2. The number of hydrogen-bond acceptors (Lipinski definition) is 3. The van der Waals surface area contributed by atoms with Gasteiger partial charge in [0.1, 0.15) is 0 Å². The van der Waals surface area contributed by atoms with E-state index in [0.29, 0.717) is 0 Å². The average molecular weight is 223 g/mol. The molecule has 0 amide bonds. The van der Waals surface area contributed by atoms with Gasteiger partial charge in [0.15, 0.2) is 0 Å². The molecule has 2 saturated heterocycles. The van der Waals surface area contributed by atoms with Crippen LogP contribution in [0.25, 0.3) is 0 Å². The summed E-state index contributed by atoms with van der Waals surface area (Å²) in [5.74, 6) is 0. The highest BCUT2D eigenvalue weighted by molar-refractivity contribution is 5.22. The summed E-state index contributed by atoms with van der Waals surface area (Å²) < 4.78 is 0. The van der Waals surface area contributed by atoms with Crippen LogP contribution in [0.4, 0.5) is 0 Å². The van der Waals surface area contributed by atoms with Crippen LogP contribution in [-0.2, 0) is 0 Å². The van der Waals surface area contributed by atoms with Gasteiger partial charge in [-0.1, -0.05) is 12.5 Å². The number of likely N-dealkylation sites (N-methyl/N-ethyl adjacent to an activating group) is 1. The van der Waals surface area contributed by atoms with Crippen LogP contribution in [0.15, 0.2) is 11.1 Å². The molecule has 1 N–H and O–H groups in total. The standard InChI is InChI=1S/C13H25N3/c1-4-13-10-16(6-5-15(13)3)9-11(2)12-7-14-8-12/h13-14H,4-10H2,1-3H3. The van der Waals surface area contributed by atoms with Gasteiger partial charge in [-0.2, -0.15) is 0 Å². The summed E-state index contributed by atoms with van der Waals surface area (Å²) in [5.41, 5.74) is 3.23. The van der Waals surface area contributed by atoms with Gasteiger partial charge in [0.25, 0.3) is 0 Å². The molecule has 0 aromatic rings. The van der Waals surface area contributed by atoms with Crippen LogP contribution in [0, 0.1) is 0 Å². The van der Waals surface area contributed by atoms with Crippen LogP contribution >= 0.6 is 0 Å². The minimum Gasteiger partial charge on any atom is -0.309 e. The molecule has 0 bridgehead atoms. The summed E-state index contributed by atoms with van der Waals surface area (Å²) in [6.45, 7) is 11.7. The predicted molar refractivity (Wildman–Crippen MR) is 68.7 cm³/mol. The predicted octanol–water partition coefficient (Wildman–Crippen LogP) is 0.932. The Labute approximate surface area is 99.5 Å². The first-order chi connectivity index (χ1) is 7.70. The second-order valence-electron chi connectivity index (χ2n) is 5.27. The molecule has 2 fully saturated rings. The van der Waals surface area contributed by atoms with Crippen molar-refractivity contribution < 1.29 is 0 Å². The molecular formula is C13H25N3. The van der Waals surface area contributed by atoms with Crippen LogP contribution in [0.5, 0.6) is 0 Å². The van der Waals surface area contributed by atoms with E-state index in [1.807, 2.05) is 0 Å². The highest BCUT2D eigenvalue weighted by atomic mass is 15.3. The van der Waals surface area contributed by atoms with Gasteiger partial charge in [0.2, 0.25) is 0 Å². The highest BCUT2D eigenvalue weighted by Gasteiger charge is 2.23. The lowest BCUT2D eigenvalue weighted by atomic mass is 10.0. The zero-order chi connectivity index (χ0) is 11.5. The van der Waals surface area contributed by atoms with Gasteiger partial charge in [-0.25, -0.2) is 0 Å². The molecule has 2 heterocycles. The van der Waals surface area contributed by atoms with E-state index in [2.05, 4.69) is 36.0 Å². The molecule has 0 aromatic carbocycles. The molecule has 0 aliphatic carbocycles. The van der Waals surface area contributed by atoms with Crippen molar-refractivity contribution in [1.82, 2.24) is 15.1 Å². The zero-order valence-corrected chi connectivity index (χ0v) is 10.9. The average Bonchev–Trinajstić information content (AvgIpc) is 2.18. The third kappa shape index (κ3) is 2.65. The van der Waals surface area contributed by atoms with Gasteiger partial charge in [-0.3, -0.25) is 4.90 Å². The van der Waals surface area contributed by atoms with Crippen LogP contribution in [0.2, 0.25) is 0 Å². The minimum atomic E-state index is 0.756. The van der Waals surface area contributed by atoms with E-state index >= 15 is 0 Å². The lowest BCUT2D eigenvalue weighted by Gasteiger charge is -2.39. The van der Waals surface area contributed by atoms with E-state index in [0.717, 1.165) is 19.1 Å². The minimum absolute atomic E-state index is 0.756. The Kier molecular flexibility index (Phi) is 4.00. The molecule has 92 valence electrons. The first-order valence-electron chi connectivity index (χ1n) is 6.51. The summed E-state index contributed by atoms with van der Waals surface area (Å²) >= 11 is 0. The van der Waals surface area contributed by atoms with E-state index in [9.17, 15) is 0 Å². The Bertz CT molecular complexity index is 266. The molecule has 3 heteroatoms. The summed E-state index contributed by atoms with van der Waals surface area (Å²) in [7, 11) is 2.26. The molecule has 0 saturated carbocycles. The molecule has 2 aliphatic rings. The quantitative estimate of drug-likeness (QED) is 0.718. The maximum Gasteiger partial charge on any atom is 0.0218 e. The van der Waals surface area contributed by atoms with E-state index in [1.165, 1.54) is 32.6 Å². The summed E-state index contributed by atoms with van der Waals surface area (Å²) in [6.07, 6.45) is 1.27. The maximum atomic E-state index is 3.32. The smallest absolute Gasteiger partial charge is 0.0218 e. The SMILES string of the molecule is CCC1CN(CC(C)=C2CNC2)CCN1C. The van der Waals surface area contributed by atoms with Crippen LogP contribution < -0.4 is 5.32 Å². The lowest BCUT2D eigenvalue weighted by molar-refractivity contribution is 0.0997. The van der Waals surface area contributed by atoms with Gasteiger partial charge in [0.05, 0.1) is 0 Å². The van der Waals surface area contributed by atoms with Crippen molar-refractivity contribution in [1.29, 1.82) is 0 Å². The molecule has 1 atom stereocenters. The summed E-state index contributed by atoms with van der Waals surface area (Å²) in [6, 6.07) is 0.756. The van der Waals surface area contributed by atoms with Crippen molar-refractivity contribution in [2.24, 2.45) is 0 Å². The molecule has 3 nitrogen and oxygen atoms in total. The number of rotatable bonds is 3. The van der Waals surface area contributed by atoms with Crippen molar-refractivity contribution in [3.63, 3.8) is 0 Å².